The summed E-state index contributed by atoms with van der Waals surface area (Å²) in [7, 11) is 0. The fraction of sp³-hybridized carbons (Fsp3) is 0.643. The van der Waals surface area contributed by atoms with E-state index in [1.807, 2.05) is 11.6 Å². The van der Waals surface area contributed by atoms with Gasteiger partial charge in [-0.3, -0.25) is 4.79 Å². The minimum absolute atomic E-state index is 0. The normalized spacial score (nSPS) is 20.9. The third-order valence-corrected chi connectivity index (χ3v) is 6.30. The maximum absolute atomic E-state index is 12.6. The van der Waals surface area contributed by atoms with Crippen molar-refractivity contribution < 1.29 is 4.79 Å². The lowest BCUT2D eigenvalue weighted by atomic mass is 9.78. The molecule has 1 aromatic heterocycles. The van der Waals surface area contributed by atoms with Gasteiger partial charge in [-0.2, -0.15) is 0 Å². The Hall–Kier alpha value is -0.230. The largest absolute Gasteiger partial charge is 0.338 e. The number of amides is 1. The van der Waals surface area contributed by atoms with Crippen LogP contribution in [0.2, 0.25) is 0 Å². The second-order valence-corrected chi connectivity index (χ2v) is 7.30. The molecule has 1 spiro atoms. The minimum Gasteiger partial charge on any atom is -0.338 e. The Labute approximate surface area is 134 Å². The molecule has 2 aliphatic heterocycles. The fourth-order valence-electron chi connectivity index (χ4n) is 3.16. The van der Waals surface area contributed by atoms with Gasteiger partial charge in [-0.25, -0.2) is 0 Å². The van der Waals surface area contributed by atoms with Gasteiger partial charge in [0, 0.05) is 24.5 Å². The van der Waals surface area contributed by atoms with Gasteiger partial charge >= 0.3 is 0 Å². The van der Waals surface area contributed by atoms with Crippen LogP contribution in [0, 0.1) is 5.41 Å². The van der Waals surface area contributed by atoms with Crippen molar-refractivity contribution in [1.82, 2.24) is 10.2 Å². The highest BCUT2D eigenvalue weighted by molar-refractivity contribution is 7.98. The van der Waals surface area contributed by atoms with Gasteiger partial charge in [0.15, 0.2) is 0 Å². The molecule has 112 valence electrons. The highest BCUT2D eigenvalue weighted by Gasteiger charge is 2.38. The molecular formula is C14H21ClN2OS2. The standard InChI is InChI=1S/C14H20N2OS2.ClH/c1-18-11-2-9-19-12(11)13(17)16-7-4-14(5-8-16)3-6-15-10-14;/h2,9,15H,3-8,10H2,1H3;1H. The van der Waals surface area contributed by atoms with Gasteiger partial charge in [-0.15, -0.1) is 35.5 Å². The second kappa shape index (κ2) is 6.69. The number of thiophene rings is 1. The Morgan fingerprint density at radius 3 is 2.75 bits per heavy atom. The zero-order valence-corrected chi connectivity index (χ0v) is 14.1. The molecule has 0 aromatic carbocycles. The molecule has 0 unspecified atom stereocenters. The summed E-state index contributed by atoms with van der Waals surface area (Å²) in [6.07, 6.45) is 5.63. The highest BCUT2D eigenvalue weighted by atomic mass is 35.5. The topological polar surface area (TPSA) is 32.3 Å². The average Bonchev–Trinajstić information content (AvgIpc) is 3.08. The van der Waals surface area contributed by atoms with Crippen LogP contribution >= 0.6 is 35.5 Å². The molecule has 0 saturated carbocycles. The molecule has 0 bridgehead atoms. The molecule has 0 aliphatic carbocycles. The van der Waals surface area contributed by atoms with E-state index in [0.29, 0.717) is 5.41 Å². The van der Waals surface area contributed by atoms with Crippen molar-refractivity contribution in [3.05, 3.63) is 16.3 Å². The number of thioether (sulfide) groups is 1. The molecule has 2 saturated heterocycles. The molecule has 1 N–H and O–H groups in total. The lowest BCUT2D eigenvalue weighted by molar-refractivity contribution is 0.0609. The van der Waals surface area contributed by atoms with Crippen molar-refractivity contribution in [2.24, 2.45) is 5.41 Å². The van der Waals surface area contributed by atoms with Crippen LogP contribution in [0.5, 0.6) is 0 Å². The number of nitrogens with zero attached hydrogens (tertiary/aromatic N) is 1. The van der Waals surface area contributed by atoms with Crippen LogP contribution in [0.3, 0.4) is 0 Å². The van der Waals surface area contributed by atoms with Crippen molar-refractivity contribution in [3.8, 4) is 0 Å². The predicted molar refractivity (Wildman–Crippen MR) is 88.4 cm³/mol. The molecule has 3 nitrogen and oxygen atoms in total. The van der Waals surface area contributed by atoms with Gasteiger partial charge in [0.2, 0.25) is 0 Å². The third kappa shape index (κ3) is 3.01. The summed E-state index contributed by atoms with van der Waals surface area (Å²) >= 11 is 3.24. The summed E-state index contributed by atoms with van der Waals surface area (Å²) in [6.45, 7) is 4.14. The first-order valence-corrected chi connectivity index (χ1v) is 8.96. The van der Waals surface area contributed by atoms with E-state index >= 15 is 0 Å². The van der Waals surface area contributed by atoms with E-state index in [0.717, 1.165) is 48.8 Å². The number of nitrogens with one attached hydrogen (secondary N) is 1. The van der Waals surface area contributed by atoms with Crippen molar-refractivity contribution >= 4 is 41.4 Å². The molecule has 3 rings (SSSR count). The van der Waals surface area contributed by atoms with E-state index in [2.05, 4.69) is 16.3 Å². The first-order chi connectivity index (χ1) is 9.24. The molecule has 2 aliphatic rings. The highest BCUT2D eigenvalue weighted by Crippen LogP contribution is 2.38. The van der Waals surface area contributed by atoms with E-state index in [4.69, 9.17) is 0 Å². The van der Waals surface area contributed by atoms with Gasteiger partial charge < -0.3 is 10.2 Å². The average molecular weight is 333 g/mol. The van der Waals surface area contributed by atoms with Crippen LogP contribution in [-0.2, 0) is 0 Å². The predicted octanol–water partition coefficient (Wildman–Crippen LogP) is 3.11. The summed E-state index contributed by atoms with van der Waals surface area (Å²) in [6, 6.07) is 2.05. The van der Waals surface area contributed by atoms with Crippen molar-refractivity contribution in [3.63, 3.8) is 0 Å². The van der Waals surface area contributed by atoms with Crippen LogP contribution in [0.25, 0.3) is 0 Å². The number of halogens is 1. The Kier molecular flexibility index (Phi) is 5.40. The van der Waals surface area contributed by atoms with Crippen LogP contribution in [0.4, 0.5) is 0 Å². The molecule has 20 heavy (non-hydrogen) atoms. The quantitative estimate of drug-likeness (QED) is 0.845. The monoisotopic (exact) mass is 332 g/mol. The summed E-state index contributed by atoms with van der Waals surface area (Å²) < 4.78 is 0. The van der Waals surface area contributed by atoms with Crippen molar-refractivity contribution in [2.75, 3.05) is 32.4 Å². The Balaban J connectivity index is 0.00000147. The first-order valence-electron chi connectivity index (χ1n) is 6.86. The number of carbonyl (C=O) groups is 1. The molecule has 1 aromatic rings. The zero-order valence-electron chi connectivity index (χ0n) is 11.7. The first kappa shape index (κ1) is 16.1. The van der Waals surface area contributed by atoms with Gasteiger partial charge in [-0.05, 0) is 48.9 Å². The number of piperidine rings is 1. The fourth-order valence-corrected chi connectivity index (χ4v) is 4.88. The number of rotatable bonds is 2. The molecule has 2 fully saturated rings. The Morgan fingerprint density at radius 2 is 2.15 bits per heavy atom. The third-order valence-electron chi connectivity index (χ3n) is 4.49. The van der Waals surface area contributed by atoms with Crippen molar-refractivity contribution in [2.45, 2.75) is 24.2 Å². The lowest BCUT2D eigenvalue weighted by Crippen LogP contribution is -2.43. The van der Waals surface area contributed by atoms with Gasteiger partial charge in [-0.1, -0.05) is 0 Å². The Bertz CT molecular complexity index is 461. The molecule has 1 amide bonds. The van der Waals surface area contributed by atoms with Gasteiger partial charge in [0.05, 0.1) is 0 Å². The Morgan fingerprint density at radius 1 is 1.40 bits per heavy atom. The van der Waals surface area contributed by atoms with E-state index in [1.54, 1.807) is 23.1 Å². The molecular weight excluding hydrogens is 312 g/mol. The zero-order chi connectivity index (χ0) is 13.3. The summed E-state index contributed by atoms with van der Waals surface area (Å²) in [5.41, 5.74) is 0.481. The van der Waals surface area contributed by atoms with Crippen LogP contribution in [-0.4, -0.2) is 43.2 Å². The summed E-state index contributed by atoms with van der Waals surface area (Å²) in [4.78, 5) is 16.6. The number of hydrogen-bond donors (Lipinski definition) is 1. The maximum atomic E-state index is 12.6. The van der Waals surface area contributed by atoms with Crippen LogP contribution in [0.1, 0.15) is 28.9 Å². The molecule has 0 atom stereocenters. The van der Waals surface area contributed by atoms with Gasteiger partial charge in [0.25, 0.3) is 5.91 Å². The number of carbonyl (C=O) groups excluding carboxylic acids is 1. The van der Waals surface area contributed by atoms with Crippen LogP contribution < -0.4 is 5.32 Å². The lowest BCUT2D eigenvalue weighted by Gasteiger charge is -2.38. The summed E-state index contributed by atoms with van der Waals surface area (Å²) in [5, 5.41) is 5.49. The smallest absolute Gasteiger partial charge is 0.265 e. The van der Waals surface area contributed by atoms with E-state index < -0.39 is 0 Å². The van der Waals surface area contributed by atoms with Crippen LogP contribution in [0.15, 0.2) is 16.3 Å². The molecule has 0 radical (unpaired) electrons. The SMILES string of the molecule is CSc1ccsc1C(=O)N1CCC2(CCNC2)CC1.Cl. The number of hydrogen-bond acceptors (Lipinski definition) is 4. The van der Waals surface area contributed by atoms with Crippen molar-refractivity contribution in [1.29, 1.82) is 0 Å². The minimum atomic E-state index is 0. The summed E-state index contributed by atoms with van der Waals surface area (Å²) in [5.74, 6) is 0.236. The number of likely N-dealkylation sites (tertiary alicyclic amines) is 1. The van der Waals surface area contributed by atoms with Gasteiger partial charge in [0.1, 0.15) is 4.88 Å². The van der Waals surface area contributed by atoms with E-state index in [-0.39, 0.29) is 18.3 Å². The maximum Gasteiger partial charge on any atom is 0.265 e. The second-order valence-electron chi connectivity index (χ2n) is 5.54. The van der Waals surface area contributed by atoms with E-state index in [1.165, 1.54) is 6.42 Å². The van der Waals surface area contributed by atoms with E-state index in [9.17, 15) is 4.79 Å². The molecule has 6 heteroatoms. The molecule has 3 heterocycles.